The standard InChI is InChI=1S/C9H13N3/c1-2-3-4-5-7-12-8-6-11-9(12)10/h2-4,6,8H,1,5,7H2,(H2,10,11)/b4-3+. The van der Waals surface area contributed by atoms with Gasteiger partial charge in [0.25, 0.3) is 0 Å². The summed E-state index contributed by atoms with van der Waals surface area (Å²) in [6, 6.07) is 0. The monoisotopic (exact) mass is 163 g/mol. The topological polar surface area (TPSA) is 43.8 Å². The van der Waals surface area contributed by atoms with Gasteiger partial charge in [-0.3, -0.25) is 0 Å². The Morgan fingerprint density at radius 2 is 2.50 bits per heavy atom. The summed E-state index contributed by atoms with van der Waals surface area (Å²) in [6.45, 7) is 4.45. The molecule has 0 spiro atoms. The van der Waals surface area contributed by atoms with Crippen LogP contribution in [0.3, 0.4) is 0 Å². The molecule has 1 aromatic heterocycles. The summed E-state index contributed by atoms with van der Waals surface area (Å²) in [6.07, 6.45) is 10.3. The molecule has 3 heteroatoms. The molecule has 0 saturated heterocycles. The second kappa shape index (κ2) is 4.38. The van der Waals surface area contributed by atoms with Crippen LogP contribution in [-0.2, 0) is 6.54 Å². The Hall–Kier alpha value is -1.51. The number of nitrogens with two attached hydrogens (primary N) is 1. The van der Waals surface area contributed by atoms with Gasteiger partial charge < -0.3 is 10.3 Å². The maximum Gasteiger partial charge on any atom is 0.200 e. The Bertz CT molecular complexity index is 273. The quantitative estimate of drug-likeness (QED) is 0.685. The fourth-order valence-corrected chi connectivity index (χ4v) is 0.936. The van der Waals surface area contributed by atoms with Gasteiger partial charge in [-0.15, -0.1) is 0 Å². The third-order valence-corrected chi connectivity index (χ3v) is 1.56. The minimum atomic E-state index is 0.571. The van der Waals surface area contributed by atoms with Crippen molar-refractivity contribution in [1.29, 1.82) is 0 Å². The average Bonchev–Trinajstić information content (AvgIpc) is 2.46. The molecule has 0 atom stereocenters. The van der Waals surface area contributed by atoms with E-state index in [2.05, 4.69) is 11.6 Å². The van der Waals surface area contributed by atoms with E-state index in [4.69, 9.17) is 5.73 Å². The lowest BCUT2D eigenvalue weighted by molar-refractivity contribution is 0.720. The average molecular weight is 163 g/mol. The highest BCUT2D eigenvalue weighted by Gasteiger charge is 1.93. The van der Waals surface area contributed by atoms with Gasteiger partial charge in [0.1, 0.15) is 0 Å². The predicted molar refractivity (Wildman–Crippen MR) is 50.6 cm³/mol. The van der Waals surface area contributed by atoms with Gasteiger partial charge in [-0.1, -0.05) is 24.8 Å². The molecule has 0 aliphatic rings. The number of rotatable bonds is 4. The molecule has 0 saturated carbocycles. The third kappa shape index (κ3) is 2.27. The van der Waals surface area contributed by atoms with Gasteiger partial charge in [0.15, 0.2) is 5.95 Å². The molecule has 0 bridgehead atoms. The maximum absolute atomic E-state index is 5.56. The first-order valence-corrected chi connectivity index (χ1v) is 3.89. The number of aromatic nitrogens is 2. The lowest BCUT2D eigenvalue weighted by Gasteiger charge is -1.99. The van der Waals surface area contributed by atoms with Gasteiger partial charge in [-0.2, -0.15) is 0 Å². The first kappa shape index (κ1) is 8.59. The molecular weight excluding hydrogens is 150 g/mol. The Morgan fingerprint density at radius 3 is 3.08 bits per heavy atom. The Labute approximate surface area is 72.2 Å². The number of imidazole rings is 1. The highest BCUT2D eigenvalue weighted by molar-refractivity contribution is 5.16. The number of hydrogen-bond donors (Lipinski definition) is 1. The van der Waals surface area contributed by atoms with Crippen LogP contribution in [0.4, 0.5) is 5.95 Å². The lowest BCUT2D eigenvalue weighted by atomic mass is 10.3. The molecule has 3 nitrogen and oxygen atoms in total. The molecule has 64 valence electrons. The van der Waals surface area contributed by atoms with Gasteiger partial charge in [0.2, 0.25) is 0 Å². The van der Waals surface area contributed by atoms with Crippen LogP contribution in [0.15, 0.2) is 37.2 Å². The molecule has 1 aromatic rings. The summed E-state index contributed by atoms with van der Waals surface area (Å²) in [5.74, 6) is 0.571. The van der Waals surface area contributed by atoms with Crippen LogP contribution in [0.25, 0.3) is 0 Å². The molecule has 12 heavy (non-hydrogen) atoms. The highest BCUT2D eigenvalue weighted by atomic mass is 15.1. The second-order valence-corrected chi connectivity index (χ2v) is 2.43. The zero-order chi connectivity index (χ0) is 8.81. The fourth-order valence-electron chi connectivity index (χ4n) is 0.936. The van der Waals surface area contributed by atoms with E-state index in [0.29, 0.717) is 5.95 Å². The summed E-state index contributed by atoms with van der Waals surface area (Å²) in [5.41, 5.74) is 5.56. The zero-order valence-electron chi connectivity index (χ0n) is 6.98. The third-order valence-electron chi connectivity index (χ3n) is 1.56. The van der Waals surface area contributed by atoms with Crippen LogP contribution in [0.1, 0.15) is 6.42 Å². The fraction of sp³-hybridized carbons (Fsp3) is 0.222. The summed E-state index contributed by atoms with van der Waals surface area (Å²) >= 11 is 0. The summed E-state index contributed by atoms with van der Waals surface area (Å²) in [7, 11) is 0. The van der Waals surface area contributed by atoms with Crippen LogP contribution in [-0.4, -0.2) is 9.55 Å². The molecular formula is C9H13N3. The van der Waals surface area contributed by atoms with Crippen molar-refractivity contribution in [2.24, 2.45) is 0 Å². The maximum atomic E-state index is 5.56. The van der Waals surface area contributed by atoms with Crippen molar-refractivity contribution in [2.45, 2.75) is 13.0 Å². The van der Waals surface area contributed by atoms with Gasteiger partial charge in [0, 0.05) is 18.9 Å². The van der Waals surface area contributed by atoms with E-state index >= 15 is 0 Å². The van der Waals surface area contributed by atoms with Crippen molar-refractivity contribution in [2.75, 3.05) is 5.73 Å². The highest BCUT2D eigenvalue weighted by Crippen LogP contribution is 2.00. The van der Waals surface area contributed by atoms with Gasteiger partial charge in [-0.05, 0) is 6.42 Å². The van der Waals surface area contributed by atoms with Crippen LogP contribution >= 0.6 is 0 Å². The van der Waals surface area contributed by atoms with Crippen molar-refractivity contribution in [3.63, 3.8) is 0 Å². The van der Waals surface area contributed by atoms with Crippen molar-refractivity contribution in [3.8, 4) is 0 Å². The second-order valence-electron chi connectivity index (χ2n) is 2.43. The number of hydrogen-bond acceptors (Lipinski definition) is 2. The lowest BCUT2D eigenvalue weighted by Crippen LogP contribution is -2.01. The predicted octanol–water partition coefficient (Wildman–Crippen LogP) is 1.60. The minimum absolute atomic E-state index is 0.571. The normalized spacial score (nSPS) is 10.7. The first-order chi connectivity index (χ1) is 5.84. The van der Waals surface area contributed by atoms with Crippen molar-refractivity contribution in [1.82, 2.24) is 9.55 Å². The number of allylic oxidation sites excluding steroid dienone is 3. The SMILES string of the molecule is C=C/C=C/CCn1ccnc1N. The zero-order valence-corrected chi connectivity index (χ0v) is 6.98. The van der Waals surface area contributed by atoms with E-state index in [-0.39, 0.29) is 0 Å². The Balaban J connectivity index is 2.38. The Morgan fingerprint density at radius 1 is 1.67 bits per heavy atom. The number of anilines is 1. The number of nitrogens with zero attached hydrogens (tertiary/aromatic N) is 2. The molecule has 0 aliphatic carbocycles. The smallest absolute Gasteiger partial charge is 0.200 e. The summed E-state index contributed by atoms with van der Waals surface area (Å²) in [5, 5.41) is 0. The van der Waals surface area contributed by atoms with E-state index in [1.54, 1.807) is 12.3 Å². The van der Waals surface area contributed by atoms with E-state index in [1.165, 1.54) is 0 Å². The molecule has 2 N–H and O–H groups in total. The van der Waals surface area contributed by atoms with E-state index in [9.17, 15) is 0 Å². The molecule has 0 aliphatic heterocycles. The van der Waals surface area contributed by atoms with E-state index in [1.807, 2.05) is 22.9 Å². The molecule has 0 amide bonds. The Kier molecular flexibility index (Phi) is 3.14. The van der Waals surface area contributed by atoms with E-state index < -0.39 is 0 Å². The van der Waals surface area contributed by atoms with Crippen LogP contribution in [0.2, 0.25) is 0 Å². The largest absolute Gasteiger partial charge is 0.369 e. The van der Waals surface area contributed by atoms with Crippen molar-refractivity contribution >= 4 is 5.95 Å². The van der Waals surface area contributed by atoms with Crippen LogP contribution in [0.5, 0.6) is 0 Å². The molecule has 0 aromatic carbocycles. The summed E-state index contributed by atoms with van der Waals surface area (Å²) in [4.78, 5) is 3.91. The molecule has 0 unspecified atom stereocenters. The number of nitrogen functional groups attached to an aromatic ring is 1. The minimum Gasteiger partial charge on any atom is -0.369 e. The first-order valence-electron chi connectivity index (χ1n) is 3.89. The molecule has 1 heterocycles. The molecule has 1 rings (SSSR count). The van der Waals surface area contributed by atoms with Gasteiger partial charge >= 0.3 is 0 Å². The molecule has 0 fully saturated rings. The van der Waals surface area contributed by atoms with Gasteiger partial charge in [0.05, 0.1) is 0 Å². The van der Waals surface area contributed by atoms with Crippen molar-refractivity contribution in [3.05, 3.63) is 37.2 Å². The number of aryl methyl sites for hydroxylation is 1. The van der Waals surface area contributed by atoms with Crippen molar-refractivity contribution < 1.29 is 0 Å². The van der Waals surface area contributed by atoms with Crippen LogP contribution < -0.4 is 5.73 Å². The molecule has 0 radical (unpaired) electrons. The van der Waals surface area contributed by atoms with Crippen LogP contribution in [0, 0.1) is 0 Å². The van der Waals surface area contributed by atoms with Gasteiger partial charge in [-0.25, -0.2) is 4.98 Å². The summed E-state index contributed by atoms with van der Waals surface area (Å²) < 4.78 is 1.91. The van der Waals surface area contributed by atoms with E-state index in [0.717, 1.165) is 13.0 Å².